The van der Waals surface area contributed by atoms with Crippen LogP contribution in [0.5, 0.6) is 0 Å². The lowest BCUT2D eigenvalue weighted by Crippen LogP contribution is -2.46. The summed E-state index contributed by atoms with van der Waals surface area (Å²) < 4.78 is 5.98. The van der Waals surface area contributed by atoms with Crippen LogP contribution in [0.1, 0.15) is 18.5 Å². The Bertz CT molecular complexity index is 930. The smallest absolute Gasteiger partial charge is 0.142 e. The Morgan fingerprint density at radius 2 is 1.65 bits per heavy atom. The van der Waals surface area contributed by atoms with E-state index in [2.05, 4.69) is 67.9 Å². The minimum atomic E-state index is 0.261. The summed E-state index contributed by atoms with van der Waals surface area (Å²) in [6.45, 7) is 7.37. The minimum absolute atomic E-state index is 0.261. The molecule has 2 aromatic rings. The van der Waals surface area contributed by atoms with Gasteiger partial charge in [0, 0.05) is 56.8 Å². The summed E-state index contributed by atoms with van der Waals surface area (Å²) in [5.41, 5.74) is 2.84. The highest BCUT2D eigenvalue weighted by Crippen LogP contribution is 2.21. The molecule has 0 atom stereocenters. The Balaban J connectivity index is 1.12. The van der Waals surface area contributed by atoms with E-state index in [1.165, 1.54) is 5.69 Å². The summed E-state index contributed by atoms with van der Waals surface area (Å²) in [6, 6.07) is 16.5. The topological polar surface area (TPSA) is 55.6 Å². The van der Waals surface area contributed by atoms with E-state index in [9.17, 15) is 0 Å². The number of piperazine rings is 1. The standard InChI is InChI=1S/C25H29N5O/c26-21-22-20-24(8-11-27-22)29-13-9-25(10-14-29)31-19-5-4-12-28-15-17-30(18-16-28)23-6-2-1-3-7-23/h1-3,6-8,11,20,25H,9-10,12-19H2. The lowest BCUT2D eigenvalue weighted by Gasteiger charge is -2.35. The zero-order valence-electron chi connectivity index (χ0n) is 17.9. The molecule has 0 saturated carbocycles. The summed E-state index contributed by atoms with van der Waals surface area (Å²) in [5, 5.41) is 9.02. The average molecular weight is 416 g/mol. The van der Waals surface area contributed by atoms with Crippen LogP contribution < -0.4 is 9.80 Å². The number of hydrogen-bond donors (Lipinski definition) is 0. The Morgan fingerprint density at radius 1 is 0.903 bits per heavy atom. The molecular formula is C25H29N5O. The largest absolute Gasteiger partial charge is 0.371 e. The fraction of sp³-hybridized carbons (Fsp3) is 0.440. The van der Waals surface area contributed by atoms with E-state index in [1.54, 1.807) is 6.20 Å². The number of anilines is 2. The highest BCUT2D eigenvalue weighted by molar-refractivity contribution is 5.49. The molecule has 0 N–H and O–H groups in total. The number of piperidine rings is 1. The van der Waals surface area contributed by atoms with Crippen molar-refractivity contribution in [3.63, 3.8) is 0 Å². The van der Waals surface area contributed by atoms with Crippen LogP contribution in [0.2, 0.25) is 0 Å². The fourth-order valence-corrected chi connectivity index (χ4v) is 4.14. The molecule has 0 aliphatic carbocycles. The molecule has 2 aliphatic rings. The van der Waals surface area contributed by atoms with E-state index < -0.39 is 0 Å². The molecule has 0 unspecified atom stereocenters. The van der Waals surface area contributed by atoms with Crippen molar-refractivity contribution in [1.29, 1.82) is 5.26 Å². The van der Waals surface area contributed by atoms with E-state index in [1.807, 2.05) is 12.1 Å². The quantitative estimate of drug-likeness (QED) is 0.700. The lowest BCUT2D eigenvalue weighted by atomic mass is 10.1. The van der Waals surface area contributed by atoms with Gasteiger partial charge >= 0.3 is 0 Å². The van der Waals surface area contributed by atoms with Crippen LogP contribution in [0, 0.1) is 23.2 Å². The van der Waals surface area contributed by atoms with Crippen molar-refractivity contribution in [3.05, 3.63) is 54.4 Å². The molecule has 160 valence electrons. The van der Waals surface area contributed by atoms with Gasteiger partial charge in [-0.1, -0.05) is 30.0 Å². The monoisotopic (exact) mass is 415 g/mol. The molecule has 4 rings (SSSR count). The van der Waals surface area contributed by atoms with Crippen molar-refractivity contribution in [2.75, 3.05) is 62.2 Å². The number of nitrogens with zero attached hydrogens (tertiary/aromatic N) is 5. The van der Waals surface area contributed by atoms with Gasteiger partial charge in [-0.25, -0.2) is 4.98 Å². The molecule has 3 heterocycles. The molecule has 6 nitrogen and oxygen atoms in total. The maximum absolute atomic E-state index is 9.02. The predicted octanol–water partition coefficient (Wildman–Crippen LogP) is 2.76. The van der Waals surface area contributed by atoms with E-state index in [0.717, 1.165) is 64.3 Å². The molecule has 2 fully saturated rings. The number of hydrogen-bond acceptors (Lipinski definition) is 6. The van der Waals surface area contributed by atoms with Gasteiger partial charge in [0.25, 0.3) is 0 Å². The first kappa shape index (κ1) is 21.2. The molecule has 0 bridgehead atoms. The van der Waals surface area contributed by atoms with Gasteiger partial charge in [-0.3, -0.25) is 4.90 Å². The molecule has 0 radical (unpaired) electrons. The van der Waals surface area contributed by atoms with E-state index >= 15 is 0 Å². The summed E-state index contributed by atoms with van der Waals surface area (Å²) in [7, 11) is 0. The number of para-hydroxylation sites is 1. The molecular weight excluding hydrogens is 386 g/mol. The van der Waals surface area contributed by atoms with Gasteiger partial charge in [0.2, 0.25) is 0 Å². The van der Waals surface area contributed by atoms with Crippen LogP contribution in [0.15, 0.2) is 48.7 Å². The predicted molar refractivity (Wildman–Crippen MR) is 123 cm³/mol. The van der Waals surface area contributed by atoms with Gasteiger partial charge in [-0.15, -0.1) is 0 Å². The van der Waals surface area contributed by atoms with Crippen LogP contribution in [-0.4, -0.2) is 68.4 Å². The second-order valence-corrected chi connectivity index (χ2v) is 7.96. The SMILES string of the molecule is N#Cc1cc(N2CCC(OCC#CCN3CCN(c4ccccc4)CC3)CC2)ccn1. The van der Waals surface area contributed by atoms with Crippen molar-refractivity contribution in [2.24, 2.45) is 0 Å². The number of pyridine rings is 1. The van der Waals surface area contributed by atoms with Crippen LogP contribution >= 0.6 is 0 Å². The van der Waals surface area contributed by atoms with Crippen LogP contribution in [0.4, 0.5) is 11.4 Å². The highest BCUT2D eigenvalue weighted by atomic mass is 16.5. The molecule has 0 amide bonds. The zero-order chi connectivity index (χ0) is 21.3. The minimum Gasteiger partial charge on any atom is -0.371 e. The first-order chi connectivity index (χ1) is 15.3. The van der Waals surface area contributed by atoms with E-state index in [-0.39, 0.29) is 6.10 Å². The normalized spacial score (nSPS) is 17.6. The van der Waals surface area contributed by atoms with Gasteiger partial charge in [0.1, 0.15) is 18.4 Å². The number of ether oxygens (including phenoxy) is 1. The average Bonchev–Trinajstić information content (AvgIpc) is 2.85. The van der Waals surface area contributed by atoms with Gasteiger partial charge in [-0.2, -0.15) is 5.26 Å². The van der Waals surface area contributed by atoms with Crippen molar-refractivity contribution < 1.29 is 4.74 Å². The van der Waals surface area contributed by atoms with Crippen LogP contribution in [0.25, 0.3) is 0 Å². The Labute approximate surface area is 185 Å². The summed E-state index contributed by atoms with van der Waals surface area (Å²) in [5.74, 6) is 6.48. The third-order valence-corrected chi connectivity index (χ3v) is 5.98. The molecule has 2 aliphatic heterocycles. The third-order valence-electron chi connectivity index (χ3n) is 5.98. The summed E-state index contributed by atoms with van der Waals surface area (Å²) in [6.07, 6.45) is 3.92. The van der Waals surface area contributed by atoms with Crippen molar-refractivity contribution in [3.8, 4) is 17.9 Å². The zero-order valence-corrected chi connectivity index (χ0v) is 17.9. The Hall–Kier alpha value is -3.06. The van der Waals surface area contributed by atoms with Crippen molar-refractivity contribution >= 4 is 11.4 Å². The summed E-state index contributed by atoms with van der Waals surface area (Å²) in [4.78, 5) is 11.2. The maximum atomic E-state index is 9.02. The second-order valence-electron chi connectivity index (χ2n) is 7.96. The first-order valence-electron chi connectivity index (χ1n) is 11.0. The Kier molecular flexibility index (Phi) is 7.39. The number of rotatable bonds is 5. The number of nitriles is 1. The van der Waals surface area contributed by atoms with Gasteiger partial charge in [0.15, 0.2) is 0 Å². The van der Waals surface area contributed by atoms with Gasteiger partial charge in [-0.05, 0) is 37.1 Å². The first-order valence-corrected chi connectivity index (χ1v) is 11.0. The Morgan fingerprint density at radius 3 is 2.39 bits per heavy atom. The number of benzene rings is 1. The number of aromatic nitrogens is 1. The van der Waals surface area contributed by atoms with E-state index in [4.69, 9.17) is 10.00 Å². The van der Waals surface area contributed by atoms with Crippen molar-refractivity contribution in [1.82, 2.24) is 9.88 Å². The second kappa shape index (κ2) is 10.8. The molecule has 1 aromatic heterocycles. The summed E-state index contributed by atoms with van der Waals surface area (Å²) >= 11 is 0. The molecule has 1 aromatic carbocycles. The van der Waals surface area contributed by atoms with E-state index in [0.29, 0.717) is 12.3 Å². The van der Waals surface area contributed by atoms with Crippen molar-refractivity contribution in [2.45, 2.75) is 18.9 Å². The molecule has 0 spiro atoms. The van der Waals surface area contributed by atoms with Crippen LogP contribution in [0.3, 0.4) is 0 Å². The highest BCUT2D eigenvalue weighted by Gasteiger charge is 2.20. The van der Waals surface area contributed by atoms with Crippen LogP contribution in [-0.2, 0) is 4.74 Å². The maximum Gasteiger partial charge on any atom is 0.142 e. The third kappa shape index (κ3) is 5.98. The van der Waals surface area contributed by atoms with Gasteiger partial charge in [0.05, 0.1) is 12.6 Å². The lowest BCUT2D eigenvalue weighted by molar-refractivity contribution is 0.0594. The van der Waals surface area contributed by atoms with Gasteiger partial charge < -0.3 is 14.5 Å². The molecule has 2 saturated heterocycles. The molecule has 6 heteroatoms. The fourth-order valence-electron chi connectivity index (χ4n) is 4.14. The molecule has 31 heavy (non-hydrogen) atoms.